The number of rotatable bonds is 7. The summed E-state index contributed by atoms with van der Waals surface area (Å²) in [7, 11) is 1.53. The zero-order valence-corrected chi connectivity index (χ0v) is 12.2. The molecule has 20 heavy (non-hydrogen) atoms. The van der Waals surface area contributed by atoms with Crippen molar-refractivity contribution < 1.29 is 15.1 Å². The molecule has 6 heteroatoms. The van der Waals surface area contributed by atoms with Crippen LogP contribution in [0.1, 0.15) is 31.4 Å². The first-order valence-corrected chi connectivity index (χ1v) is 6.50. The van der Waals surface area contributed by atoms with Crippen molar-refractivity contribution in [3.8, 4) is 5.75 Å². The third-order valence-electron chi connectivity index (χ3n) is 3.50. The number of hydrogen-bond donors (Lipinski definition) is 4. The molecule has 0 aliphatic rings. The van der Waals surface area contributed by atoms with E-state index in [9.17, 15) is 5.11 Å². The van der Waals surface area contributed by atoms with Crippen molar-refractivity contribution in [2.45, 2.75) is 32.4 Å². The van der Waals surface area contributed by atoms with Crippen LogP contribution < -0.4 is 15.8 Å². The zero-order chi connectivity index (χ0) is 15.2. The van der Waals surface area contributed by atoms with E-state index < -0.39 is 0 Å². The minimum absolute atomic E-state index is 0.00381. The van der Waals surface area contributed by atoms with Gasteiger partial charge in [0.1, 0.15) is 5.75 Å². The van der Waals surface area contributed by atoms with Gasteiger partial charge in [0.05, 0.1) is 19.3 Å². The summed E-state index contributed by atoms with van der Waals surface area (Å²) in [5.74, 6) is 0.550. The van der Waals surface area contributed by atoms with Crippen molar-refractivity contribution in [1.82, 2.24) is 5.32 Å². The highest BCUT2D eigenvalue weighted by Gasteiger charge is 2.20. The number of benzene rings is 1. The second kappa shape index (κ2) is 7.12. The number of aliphatic hydroxyl groups excluding tert-OH is 1. The van der Waals surface area contributed by atoms with Gasteiger partial charge >= 0.3 is 0 Å². The van der Waals surface area contributed by atoms with Crippen molar-refractivity contribution in [3.05, 3.63) is 29.3 Å². The predicted molar refractivity (Wildman–Crippen MR) is 78.1 cm³/mol. The lowest BCUT2D eigenvalue weighted by Crippen LogP contribution is -2.44. The Balaban J connectivity index is 2.93. The van der Waals surface area contributed by atoms with Gasteiger partial charge in [-0.25, -0.2) is 0 Å². The van der Waals surface area contributed by atoms with Crippen molar-refractivity contribution in [1.29, 1.82) is 0 Å². The molecule has 1 aromatic rings. The predicted octanol–water partition coefficient (Wildman–Crippen LogP) is 1.04. The van der Waals surface area contributed by atoms with Crippen molar-refractivity contribution in [2.24, 2.45) is 10.9 Å². The van der Waals surface area contributed by atoms with Gasteiger partial charge in [-0.05, 0) is 31.0 Å². The lowest BCUT2D eigenvalue weighted by molar-refractivity contribution is 0.169. The number of nitrogens with zero attached hydrogens (tertiary/aromatic N) is 1. The molecule has 1 atom stereocenters. The molecule has 0 aliphatic heterocycles. The summed E-state index contributed by atoms with van der Waals surface area (Å²) in [6, 6.07) is 5.47. The fraction of sp³-hybridized carbons (Fsp3) is 0.500. The van der Waals surface area contributed by atoms with Crippen LogP contribution >= 0.6 is 0 Å². The SMILES string of the molecule is CCC(C)(CO)NCc1ccc(OC)c(C(N)=NO)c1. The van der Waals surface area contributed by atoms with Crippen LogP contribution in [0.4, 0.5) is 0 Å². The number of hydrogen-bond acceptors (Lipinski definition) is 5. The van der Waals surface area contributed by atoms with Crippen LogP contribution in [0.3, 0.4) is 0 Å². The highest BCUT2D eigenvalue weighted by Crippen LogP contribution is 2.20. The molecule has 0 bridgehead atoms. The van der Waals surface area contributed by atoms with Crippen LogP contribution in [0, 0.1) is 0 Å². The van der Waals surface area contributed by atoms with Gasteiger partial charge in [0.25, 0.3) is 0 Å². The van der Waals surface area contributed by atoms with Crippen LogP contribution in [0.2, 0.25) is 0 Å². The van der Waals surface area contributed by atoms with Gasteiger partial charge in [-0.2, -0.15) is 0 Å². The summed E-state index contributed by atoms with van der Waals surface area (Å²) in [4.78, 5) is 0. The van der Waals surface area contributed by atoms with Crippen LogP contribution in [-0.2, 0) is 6.54 Å². The van der Waals surface area contributed by atoms with Crippen molar-refractivity contribution in [2.75, 3.05) is 13.7 Å². The van der Waals surface area contributed by atoms with Crippen molar-refractivity contribution in [3.63, 3.8) is 0 Å². The highest BCUT2D eigenvalue weighted by molar-refractivity contribution is 5.99. The molecule has 0 heterocycles. The second-order valence-electron chi connectivity index (χ2n) is 4.95. The number of oxime groups is 1. The Morgan fingerprint density at radius 2 is 2.20 bits per heavy atom. The molecule has 0 radical (unpaired) electrons. The molecule has 0 fully saturated rings. The standard InChI is InChI=1S/C14H23N3O3/c1-4-14(2,9-18)16-8-10-5-6-12(20-3)11(7-10)13(15)17-19/h5-7,16,18-19H,4,8-9H2,1-3H3,(H2,15,17). The molecule has 0 amide bonds. The fourth-order valence-electron chi connectivity index (χ4n) is 1.73. The minimum Gasteiger partial charge on any atom is -0.496 e. The summed E-state index contributed by atoms with van der Waals surface area (Å²) in [6.45, 7) is 4.60. The molecule has 0 aliphatic carbocycles. The first-order chi connectivity index (χ1) is 9.49. The maximum absolute atomic E-state index is 9.37. The first-order valence-electron chi connectivity index (χ1n) is 6.50. The second-order valence-corrected chi connectivity index (χ2v) is 4.95. The molecule has 1 unspecified atom stereocenters. The lowest BCUT2D eigenvalue weighted by atomic mass is 9.99. The molecular formula is C14H23N3O3. The van der Waals surface area contributed by atoms with E-state index in [1.54, 1.807) is 12.1 Å². The largest absolute Gasteiger partial charge is 0.496 e. The summed E-state index contributed by atoms with van der Waals surface area (Å²) in [5.41, 5.74) is 6.81. The van der Waals surface area contributed by atoms with Crippen molar-refractivity contribution >= 4 is 5.84 Å². The van der Waals surface area contributed by atoms with Crippen LogP contribution in [-0.4, -0.2) is 35.4 Å². The molecule has 1 aromatic carbocycles. The molecule has 0 spiro atoms. The summed E-state index contributed by atoms with van der Waals surface area (Å²) < 4.78 is 5.18. The normalized spacial score (nSPS) is 14.9. The number of amidine groups is 1. The third kappa shape index (κ3) is 3.85. The summed E-state index contributed by atoms with van der Waals surface area (Å²) >= 11 is 0. The Hall–Kier alpha value is -1.79. The van der Waals surface area contributed by atoms with Crippen LogP contribution in [0.25, 0.3) is 0 Å². The average Bonchev–Trinajstić information content (AvgIpc) is 2.51. The Labute approximate surface area is 119 Å². The molecular weight excluding hydrogens is 258 g/mol. The first kappa shape index (κ1) is 16.3. The van der Waals surface area contributed by atoms with E-state index >= 15 is 0 Å². The van der Waals surface area contributed by atoms with Gasteiger partial charge in [0.2, 0.25) is 0 Å². The Kier molecular flexibility index (Phi) is 5.79. The highest BCUT2D eigenvalue weighted by atomic mass is 16.5. The van der Waals surface area contributed by atoms with Crippen LogP contribution in [0.5, 0.6) is 5.75 Å². The number of nitrogens with two attached hydrogens (primary N) is 1. The van der Waals surface area contributed by atoms with E-state index in [-0.39, 0.29) is 18.0 Å². The molecule has 0 saturated carbocycles. The monoisotopic (exact) mass is 281 g/mol. The van der Waals surface area contributed by atoms with Gasteiger partial charge in [0, 0.05) is 12.1 Å². The maximum Gasteiger partial charge on any atom is 0.173 e. The Morgan fingerprint density at radius 1 is 1.50 bits per heavy atom. The summed E-state index contributed by atoms with van der Waals surface area (Å²) in [5, 5.41) is 24.5. The fourth-order valence-corrected chi connectivity index (χ4v) is 1.73. The third-order valence-corrected chi connectivity index (χ3v) is 3.50. The van der Waals surface area contributed by atoms with Gasteiger partial charge in [-0.3, -0.25) is 0 Å². The molecule has 1 rings (SSSR count). The maximum atomic E-state index is 9.37. The number of aliphatic hydroxyl groups is 1. The molecule has 0 aromatic heterocycles. The number of nitrogens with one attached hydrogen (secondary N) is 1. The van der Waals surface area contributed by atoms with E-state index in [2.05, 4.69) is 10.5 Å². The Bertz CT molecular complexity index is 471. The molecule has 112 valence electrons. The molecule has 0 saturated heterocycles. The van der Waals surface area contributed by atoms with Gasteiger partial charge in [-0.1, -0.05) is 18.1 Å². The number of methoxy groups -OCH3 is 1. The van der Waals surface area contributed by atoms with Crippen LogP contribution in [0.15, 0.2) is 23.4 Å². The van der Waals surface area contributed by atoms with Gasteiger partial charge in [0.15, 0.2) is 5.84 Å². The lowest BCUT2D eigenvalue weighted by Gasteiger charge is -2.27. The smallest absolute Gasteiger partial charge is 0.173 e. The number of ether oxygens (including phenoxy) is 1. The minimum atomic E-state index is -0.323. The topological polar surface area (TPSA) is 100 Å². The summed E-state index contributed by atoms with van der Waals surface area (Å²) in [6.07, 6.45) is 0.812. The van der Waals surface area contributed by atoms with Gasteiger partial charge < -0.3 is 26.1 Å². The van der Waals surface area contributed by atoms with Gasteiger partial charge in [-0.15, -0.1) is 0 Å². The van der Waals surface area contributed by atoms with E-state index in [0.717, 1.165) is 12.0 Å². The molecule has 6 nitrogen and oxygen atoms in total. The quantitative estimate of drug-likeness (QED) is 0.259. The van der Waals surface area contributed by atoms with E-state index in [4.69, 9.17) is 15.7 Å². The van der Waals surface area contributed by atoms with E-state index in [1.807, 2.05) is 19.9 Å². The average molecular weight is 281 g/mol. The molecule has 5 N–H and O–H groups in total. The van der Waals surface area contributed by atoms with E-state index in [1.165, 1.54) is 7.11 Å². The van der Waals surface area contributed by atoms with E-state index in [0.29, 0.717) is 17.9 Å². The zero-order valence-electron chi connectivity index (χ0n) is 12.2. The Morgan fingerprint density at radius 3 is 2.70 bits per heavy atom.